The number of halogens is 3. The predicted octanol–water partition coefficient (Wildman–Crippen LogP) is 3.62. The van der Waals surface area contributed by atoms with E-state index >= 15 is 0 Å². The molecule has 0 saturated carbocycles. The lowest BCUT2D eigenvalue weighted by Crippen LogP contribution is -2.20. The lowest BCUT2D eigenvalue weighted by molar-refractivity contribution is -0.118. The van der Waals surface area contributed by atoms with Crippen LogP contribution in [0.2, 0.25) is 10.0 Å². The molecule has 0 bridgehead atoms. The molecule has 0 spiro atoms. The maximum Gasteiger partial charge on any atom is 0.241 e. The van der Waals surface area contributed by atoms with Crippen molar-refractivity contribution < 1.29 is 9.18 Å². The van der Waals surface area contributed by atoms with Gasteiger partial charge in [0, 0.05) is 5.69 Å². The molecule has 1 rings (SSSR count). The number of amides is 1. The molecule has 17 heavy (non-hydrogen) atoms. The summed E-state index contributed by atoms with van der Waals surface area (Å²) in [5.74, 6) is -1.95. The van der Waals surface area contributed by atoms with E-state index in [4.69, 9.17) is 28.5 Å². The van der Waals surface area contributed by atoms with Gasteiger partial charge in [0.1, 0.15) is 5.92 Å². The fraction of sp³-hybridized carbons (Fsp3) is 0.273. The molecule has 1 amide bonds. The van der Waals surface area contributed by atoms with Gasteiger partial charge in [0.05, 0.1) is 16.1 Å². The lowest BCUT2D eigenvalue weighted by Gasteiger charge is -2.09. The molecule has 3 nitrogen and oxygen atoms in total. The minimum Gasteiger partial charge on any atom is -0.325 e. The summed E-state index contributed by atoms with van der Waals surface area (Å²) in [6.07, 6.45) is 0.394. The molecule has 0 radical (unpaired) electrons. The highest BCUT2D eigenvalue weighted by Gasteiger charge is 2.16. The Morgan fingerprint density at radius 2 is 2.06 bits per heavy atom. The number of hydrogen-bond donors (Lipinski definition) is 1. The van der Waals surface area contributed by atoms with Gasteiger partial charge in [-0.15, -0.1) is 0 Å². The normalized spacial score (nSPS) is 11.7. The van der Waals surface area contributed by atoms with E-state index in [9.17, 15) is 9.18 Å². The first-order chi connectivity index (χ1) is 7.99. The van der Waals surface area contributed by atoms with Gasteiger partial charge in [-0.25, -0.2) is 4.39 Å². The van der Waals surface area contributed by atoms with Gasteiger partial charge in [0.15, 0.2) is 5.82 Å². The third-order valence-electron chi connectivity index (χ3n) is 2.13. The Labute approximate surface area is 108 Å². The molecule has 1 N–H and O–H groups in total. The van der Waals surface area contributed by atoms with Gasteiger partial charge in [0.2, 0.25) is 5.91 Å². The number of hydrogen-bond acceptors (Lipinski definition) is 2. The van der Waals surface area contributed by atoms with E-state index in [1.54, 1.807) is 6.92 Å². The maximum atomic E-state index is 13.1. The topological polar surface area (TPSA) is 52.9 Å². The van der Waals surface area contributed by atoms with Crippen molar-refractivity contribution in [2.45, 2.75) is 13.3 Å². The third-order valence-corrected chi connectivity index (χ3v) is 2.68. The van der Waals surface area contributed by atoms with Crippen molar-refractivity contribution in [2.75, 3.05) is 5.32 Å². The number of rotatable bonds is 3. The summed E-state index contributed by atoms with van der Waals surface area (Å²) in [4.78, 5) is 11.6. The van der Waals surface area contributed by atoms with Crippen molar-refractivity contribution in [3.63, 3.8) is 0 Å². The van der Waals surface area contributed by atoms with Crippen LogP contribution in [0.3, 0.4) is 0 Å². The Bertz CT molecular complexity index is 462. The molecule has 1 atom stereocenters. The highest BCUT2D eigenvalue weighted by Crippen LogP contribution is 2.27. The fourth-order valence-corrected chi connectivity index (χ4v) is 1.68. The lowest BCUT2D eigenvalue weighted by atomic mass is 10.1. The quantitative estimate of drug-likeness (QED) is 0.856. The Balaban J connectivity index is 2.90. The first-order valence-electron chi connectivity index (χ1n) is 4.84. The number of nitrogens with zero attached hydrogens (tertiary/aromatic N) is 1. The minimum atomic E-state index is -0.752. The zero-order valence-corrected chi connectivity index (χ0v) is 10.4. The Morgan fingerprint density at radius 1 is 1.53 bits per heavy atom. The van der Waals surface area contributed by atoms with Crippen molar-refractivity contribution in [3.05, 3.63) is 28.0 Å². The van der Waals surface area contributed by atoms with Crippen LogP contribution in [0.15, 0.2) is 12.1 Å². The second kappa shape index (κ2) is 5.85. The van der Waals surface area contributed by atoms with Crippen LogP contribution in [0.5, 0.6) is 0 Å². The van der Waals surface area contributed by atoms with E-state index in [1.807, 2.05) is 6.07 Å². The molecule has 0 saturated heterocycles. The van der Waals surface area contributed by atoms with Crippen LogP contribution in [0, 0.1) is 23.1 Å². The predicted molar refractivity (Wildman–Crippen MR) is 64.4 cm³/mol. The van der Waals surface area contributed by atoms with E-state index in [-0.39, 0.29) is 15.7 Å². The molecule has 1 unspecified atom stereocenters. The Kier molecular flexibility index (Phi) is 4.73. The van der Waals surface area contributed by atoms with Crippen LogP contribution in [0.25, 0.3) is 0 Å². The molecular formula is C11H9Cl2FN2O. The van der Waals surface area contributed by atoms with Crippen molar-refractivity contribution in [1.82, 2.24) is 0 Å². The van der Waals surface area contributed by atoms with Crippen molar-refractivity contribution in [1.29, 1.82) is 5.26 Å². The number of anilines is 1. The zero-order chi connectivity index (χ0) is 13.0. The van der Waals surface area contributed by atoms with Gasteiger partial charge >= 0.3 is 0 Å². The van der Waals surface area contributed by atoms with Crippen LogP contribution >= 0.6 is 23.2 Å². The minimum absolute atomic E-state index is 0.183. The molecule has 0 fully saturated rings. The zero-order valence-electron chi connectivity index (χ0n) is 8.93. The number of carbonyl (C=O) groups excluding carboxylic acids is 1. The largest absolute Gasteiger partial charge is 0.325 e. The molecule has 1 aromatic carbocycles. The number of benzene rings is 1. The molecule has 90 valence electrons. The van der Waals surface area contributed by atoms with Crippen LogP contribution < -0.4 is 5.32 Å². The van der Waals surface area contributed by atoms with Crippen molar-refractivity contribution >= 4 is 34.8 Å². The second-order valence-electron chi connectivity index (χ2n) is 3.33. The van der Waals surface area contributed by atoms with E-state index in [0.29, 0.717) is 6.42 Å². The molecule has 0 aromatic heterocycles. The molecule has 1 aromatic rings. The highest BCUT2D eigenvalue weighted by atomic mass is 35.5. The van der Waals surface area contributed by atoms with Gasteiger partial charge in [-0.3, -0.25) is 4.79 Å². The Morgan fingerprint density at radius 3 is 2.47 bits per heavy atom. The van der Waals surface area contributed by atoms with E-state index < -0.39 is 17.6 Å². The van der Waals surface area contributed by atoms with Crippen LogP contribution in [0.4, 0.5) is 10.1 Å². The molecule has 6 heteroatoms. The van der Waals surface area contributed by atoms with Gasteiger partial charge in [-0.05, 0) is 18.6 Å². The van der Waals surface area contributed by atoms with Gasteiger partial charge in [-0.2, -0.15) is 5.26 Å². The summed E-state index contributed by atoms with van der Waals surface area (Å²) in [6.45, 7) is 1.72. The molecular weight excluding hydrogens is 266 g/mol. The summed E-state index contributed by atoms with van der Waals surface area (Å²) >= 11 is 11.1. The smallest absolute Gasteiger partial charge is 0.241 e. The number of carbonyl (C=O) groups is 1. The average molecular weight is 275 g/mol. The van der Waals surface area contributed by atoms with Crippen LogP contribution in [-0.4, -0.2) is 5.91 Å². The summed E-state index contributed by atoms with van der Waals surface area (Å²) < 4.78 is 13.1. The first-order valence-corrected chi connectivity index (χ1v) is 5.60. The fourth-order valence-electron chi connectivity index (χ4n) is 1.19. The SMILES string of the molecule is CCC(C#N)C(=O)Nc1cc(Cl)c(F)c(Cl)c1. The standard InChI is InChI=1S/C11H9Cl2FN2O/c1-2-6(5-15)11(17)16-7-3-8(12)10(14)9(13)4-7/h3-4,6H,2H2,1H3,(H,16,17). The van der Waals surface area contributed by atoms with Gasteiger partial charge < -0.3 is 5.32 Å². The monoisotopic (exact) mass is 274 g/mol. The molecule has 0 heterocycles. The summed E-state index contributed by atoms with van der Waals surface area (Å²) in [7, 11) is 0. The van der Waals surface area contributed by atoms with Crippen molar-refractivity contribution in [3.8, 4) is 6.07 Å². The summed E-state index contributed by atoms with van der Waals surface area (Å²) in [5, 5.41) is 10.8. The maximum absolute atomic E-state index is 13.1. The van der Waals surface area contributed by atoms with Crippen molar-refractivity contribution in [2.24, 2.45) is 5.92 Å². The average Bonchev–Trinajstić information content (AvgIpc) is 2.27. The first kappa shape index (κ1) is 13.8. The summed E-state index contributed by atoms with van der Waals surface area (Å²) in [5.41, 5.74) is 0.264. The van der Waals surface area contributed by atoms with Gasteiger partial charge in [-0.1, -0.05) is 30.1 Å². The third kappa shape index (κ3) is 3.32. The highest BCUT2D eigenvalue weighted by molar-refractivity contribution is 6.35. The molecule has 0 aliphatic carbocycles. The van der Waals surface area contributed by atoms with Crippen LogP contribution in [-0.2, 0) is 4.79 Å². The van der Waals surface area contributed by atoms with E-state index in [2.05, 4.69) is 5.32 Å². The summed E-state index contributed by atoms with van der Waals surface area (Å²) in [6, 6.07) is 4.34. The number of nitrogens with one attached hydrogen (secondary N) is 1. The molecule has 0 aliphatic heterocycles. The van der Waals surface area contributed by atoms with E-state index in [0.717, 1.165) is 0 Å². The van der Waals surface area contributed by atoms with Gasteiger partial charge in [0.25, 0.3) is 0 Å². The molecule has 0 aliphatic rings. The van der Waals surface area contributed by atoms with Crippen LogP contribution in [0.1, 0.15) is 13.3 Å². The Hall–Kier alpha value is -1.31. The van der Waals surface area contributed by atoms with E-state index in [1.165, 1.54) is 12.1 Å². The second-order valence-corrected chi connectivity index (χ2v) is 4.15. The number of nitriles is 1.